The molecule has 20 heavy (non-hydrogen) atoms. The summed E-state index contributed by atoms with van der Waals surface area (Å²) in [6.45, 7) is 1.14. The molecule has 1 atom stereocenters. The van der Waals surface area contributed by atoms with Crippen LogP contribution in [0.1, 0.15) is 24.8 Å². The van der Waals surface area contributed by atoms with Gasteiger partial charge in [0.1, 0.15) is 11.4 Å². The minimum atomic E-state index is 0.596. The third kappa shape index (κ3) is 2.85. The van der Waals surface area contributed by atoms with E-state index >= 15 is 0 Å². The SMILES string of the molecule is COc1ccccc1-n1cc(CC2CCCCN2)cn1. The number of piperidine rings is 1. The predicted molar refractivity (Wildman–Crippen MR) is 79.5 cm³/mol. The van der Waals surface area contributed by atoms with E-state index in [0.29, 0.717) is 6.04 Å². The van der Waals surface area contributed by atoms with Gasteiger partial charge < -0.3 is 10.1 Å². The molecular weight excluding hydrogens is 250 g/mol. The highest BCUT2D eigenvalue weighted by atomic mass is 16.5. The molecule has 0 bridgehead atoms. The Kier molecular flexibility index (Phi) is 4.02. The lowest BCUT2D eigenvalue weighted by Crippen LogP contribution is -2.35. The molecule has 3 rings (SSSR count). The van der Waals surface area contributed by atoms with Crippen molar-refractivity contribution < 1.29 is 4.74 Å². The van der Waals surface area contributed by atoms with Crippen LogP contribution in [0, 0.1) is 0 Å². The topological polar surface area (TPSA) is 39.1 Å². The molecule has 1 saturated heterocycles. The number of ether oxygens (including phenoxy) is 1. The molecule has 0 saturated carbocycles. The minimum Gasteiger partial charge on any atom is -0.494 e. The summed E-state index contributed by atoms with van der Waals surface area (Å²) in [6, 6.07) is 8.55. The molecule has 4 nitrogen and oxygen atoms in total. The Balaban J connectivity index is 1.75. The van der Waals surface area contributed by atoms with Crippen LogP contribution in [0.4, 0.5) is 0 Å². The lowest BCUT2D eigenvalue weighted by Gasteiger charge is -2.22. The van der Waals surface area contributed by atoms with E-state index in [9.17, 15) is 0 Å². The van der Waals surface area contributed by atoms with Gasteiger partial charge in [0.05, 0.1) is 13.3 Å². The number of nitrogens with zero attached hydrogens (tertiary/aromatic N) is 2. The van der Waals surface area contributed by atoms with Crippen molar-refractivity contribution in [2.45, 2.75) is 31.7 Å². The maximum absolute atomic E-state index is 5.39. The van der Waals surface area contributed by atoms with Gasteiger partial charge in [0.2, 0.25) is 0 Å². The quantitative estimate of drug-likeness (QED) is 0.929. The number of methoxy groups -OCH3 is 1. The van der Waals surface area contributed by atoms with E-state index in [0.717, 1.165) is 24.4 Å². The Bertz CT molecular complexity index is 558. The third-order valence-corrected chi connectivity index (χ3v) is 3.86. The lowest BCUT2D eigenvalue weighted by atomic mass is 10.00. The molecule has 1 unspecified atom stereocenters. The molecule has 4 heteroatoms. The molecule has 1 fully saturated rings. The molecule has 1 aliphatic rings. The zero-order chi connectivity index (χ0) is 13.8. The number of para-hydroxylation sites is 2. The molecule has 0 aliphatic carbocycles. The summed E-state index contributed by atoms with van der Waals surface area (Å²) >= 11 is 0. The standard InChI is InChI=1S/C16H21N3O/c1-20-16-8-3-2-7-15(16)19-12-13(11-18-19)10-14-6-4-5-9-17-14/h2-3,7-8,11-12,14,17H,4-6,9-10H2,1H3. The van der Waals surface area contributed by atoms with E-state index in [1.807, 2.05) is 35.1 Å². The van der Waals surface area contributed by atoms with Gasteiger partial charge in [-0.15, -0.1) is 0 Å². The van der Waals surface area contributed by atoms with Gasteiger partial charge in [0.25, 0.3) is 0 Å². The molecule has 1 N–H and O–H groups in total. The normalized spacial score (nSPS) is 18.9. The van der Waals surface area contributed by atoms with Gasteiger partial charge in [-0.2, -0.15) is 5.10 Å². The van der Waals surface area contributed by atoms with Crippen LogP contribution in [0.15, 0.2) is 36.7 Å². The van der Waals surface area contributed by atoms with Crippen LogP contribution in [0.2, 0.25) is 0 Å². The van der Waals surface area contributed by atoms with Crippen LogP contribution in [0.25, 0.3) is 5.69 Å². The van der Waals surface area contributed by atoms with Gasteiger partial charge in [-0.05, 0) is 43.5 Å². The minimum absolute atomic E-state index is 0.596. The van der Waals surface area contributed by atoms with Crippen LogP contribution < -0.4 is 10.1 Å². The number of nitrogens with one attached hydrogen (secondary N) is 1. The molecule has 0 spiro atoms. The van der Waals surface area contributed by atoms with Crippen molar-refractivity contribution in [1.29, 1.82) is 0 Å². The Hall–Kier alpha value is -1.81. The van der Waals surface area contributed by atoms with Crippen LogP contribution in [-0.4, -0.2) is 29.5 Å². The lowest BCUT2D eigenvalue weighted by molar-refractivity contribution is 0.399. The highest BCUT2D eigenvalue weighted by molar-refractivity contribution is 5.46. The summed E-state index contributed by atoms with van der Waals surface area (Å²) in [6.07, 6.45) is 9.02. The first kappa shape index (κ1) is 13.2. The molecule has 0 radical (unpaired) electrons. The first-order valence-corrected chi connectivity index (χ1v) is 7.27. The second-order valence-corrected chi connectivity index (χ2v) is 5.32. The first-order chi connectivity index (χ1) is 9.86. The van der Waals surface area contributed by atoms with Crippen molar-refractivity contribution in [2.75, 3.05) is 13.7 Å². The maximum atomic E-state index is 5.39. The summed E-state index contributed by atoms with van der Waals surface area (Å²) in [7, 11) is 1.69. The fraction of sp³-hybridized carbons (Fsp3) is 0.438. The smallest absolute Gasteiger partial charge is 0.144 e. The molecule has 2 aromatic rings. The van der Waals surface area contributed by atoms with Gasteiger partial charge in [0, 0.05) is 12.2 Å². The average Bonchev–Trinajstić information content (AvgIpc) is 2.96. The van der Waals surface area contributed by atoms with E-state index in [4.69, 9.17) is 4.74 Å². The predicted octanol–water partition coefficient (Wildman–Crippen LogP) is 2.57. The summed E-state index contributed by atoms with van der Waals surface area (Å²) < 4.78 is 7.29. The van der Waals surface area contributed by atoms with Crippen molar-refractivity contribution in [2.24, 2.45) is 0 Å². The number of rotatable bonds is 4. The Labute approximate surface area is 119 Å². The molecule has 1 aromatic heterocycles. The fourth-order valence-corrected chi connectivity index (χ4v) is 2.80. The molecular formula is C16H21N3O. The summed E-state index contributed by atoms with van der Waals surface area (Å²) in [4.78, 5) is 0. The van der Waals surface area contributed by atoms with Crippen LogP contribution in [0.3, 0.4) is 0 Å². The van der Waals surface area contributed by atoms with Crippen LogP contribution >= 0.6 is 0 Å². The van der Waals surface area contributed by atoms with Gasteiger partial charge in [-0.1, -0.05) is 18.6 Å². The molecule has 106 valence electrons. The number of benzene rings is 1. The van der Waals surface area contributed by atoms with Crippen molar-refractivity contribution in [3.8, 4) is 11.4 Å². The van der Waals surface area contributed by atoms with E-state index in [2.05, 4.69) is 16.6 Å². The summed E-state index contributed by atoms with van der Waals surface area (Å²) in [5, 5.41) is 8.05. The van der Waals surface area contributed by atoms with Crippen molar-refractivity contribution in [3.05, 3.63) is 42.2 Å². The largest absolute Gasteiger partial charge is 0.494 e. The average molecular weight is 271 g/mol. The van der Waals surface area contributed by atoms with E-state index in [-0.39, 0.29) is 0 Å². The van der Waals surface area contributed by atoms with Crippen LogP contribution in [-0.2, 0) is 6.42 Å². The second kappa shape index (κ2) is 6.09. The van der Waals surface area contributed by atoms with E-state index in [1.54, 1.807) is 7.11 Å². The Morgan fingerprint density at radius 2 is 2.25 bits per heavy atom. The van der Waals surface area contributed by atoms with Gasteiger partial charge in [0.15, 0.2) is 0 Å². The summed E-state index contributed by atoms with van der Waals surface area (Å²) in [5.74, 6) is 0.845. The highest BCUT2D eigenvalue weighted by Gasteiger charge is 2.14. The van der Waals surface area contributed by atoms with Gasteiger partial charge in [-0.3, -0.25) is 0 Å². The van der Waals surface area contributed by atoms with E-state index in [1.165, 1.54) is 24.8 Å². The van der Waals surface area contributed by atoms with Gasteiger partial charge in [-0.25, -0.2) is 4.68 Å². The van der Waals surface area contributed by atoms with Crippen LogP contribution in [0.5, 0.6) is 5.75 Å². The molecule has 2 heterocycles. The first-order valence-electron chi connectivity index (χ1n) is 7.27. The van der Waals surface area contributed by atoms with Crippen molar-refractivity contribution in [3.63, 3.8) is 0 Å². The molecule has 1 aliphatic heterocycles. The number of aromatic nitrogens is 2. The van der Waals surface area contributed by atoms with Crippen molar-refractivity contribution >= 4 is 0 Å². The summed E-state index contributed by atoms with van der Waals surface area (Å²) in [5.41, 5.74) is 2.26. The Morgan fingerprint density at radius 3 is 3.05 bits per heavy atom. The fourth-order valence-electron chi connectivity index (χ4n) is 2.80. The monoisotopic (exact) mass is 271 g/mol. The Morgan fingerprint density at radius 1 is 1.35 bits per heavy atom. The zero-order valence-electron chi connectivity index (χ0n) is 11.9. The van der Waals surface area contributed by atoms with Gasteiger partial charge >= 0.3 is 0 Å². The maximum Gasteiger partial charge on any atom is 0.144 e. The van der Waals surface area contributed by atoms with E-state index < -0.39 is 0 Å². The highest BCUT2D eigenvalue weighted by Crippen LogP contribution is 2.22. The zero-order valence-corrected chi connectivity index (χ0v) is 11.9. The van der Waals surface area contributed by atoms with Crippen molar-refractivity contribution in [1.82, 2.24) is 15.1 Å². The number of hydrogen-bond donors (Lipinski definition) is 1. The third-order valence-electron chi connectivity index (χ3n) is 3.86. The molecule has 1 aromatic carbocycles. The number of hydrogen-bond acceptors (Lipinski definition) is 3. The molecule has 0 amide bonds. The second-order valence-electron chi connectivity index (χ2n) is 5.32.